The standard InChI is InChI=1S/C16H15BrN2O3/c1-2-18-15(20)13(10-11-5-7-12(17)8-6-11)19-16(21)14-4-3-9-22-14/h3-10H,2H2,1H3,(H,18,20)(H,19,21). The van der Waals surface area contributed by atoms with Gasteiger partial charge in [-0.25, -0.2) is 0 Å². The molecular weight excluding hydrogens is 348 g/mol. The molecule has 0 radical (unpaired) electrons. The van der Waals surface area contributed by atoms with Crippen molar-refractivity contribution in [3.05, 3.63) is 64.2 Å². The number of amides is 2. The van der Waals surface area contributed by atoms with E-state index in [4.69, 9.17) is 4.42 Å². The molecule has 0 aliphatic heterocycles. The normalized spacial score (nSPS) is 11.1. The number of rotatable bonds is 5. The summed E-state index contributed by atoms with van der Waals surface area (Å²) in [6, 6.07) is 10.5. The van der Waals surface area contributed by atoms with Crippen molar-refractivity contribution in [2.24, 2.45) is 0 Å². The van der Waals surface area contributed by atoms with E-state index < -0.39 is 5.91 Å². The Labute approximate surface area is 136 Å². The third kappa shape index (κ3) is 4.33. The molecule has 114 valence electrons. The molecule has 5 nitrogen and oxygen atoms in total. The lowest BCUT2D eigenvalue weighted by molar-refractivity contribution is -0.117. The van der Waals surface area contributed by atoms with Gasteiger partial charge in [-0.2, -0.15) is 0 Å². The smallest absolute Gasteiger partial charge is 0.291 e. The van der Waals surface area contributed by atoms with Gasteiger partial charge in [-0.15, -0.1) is 0 Å². The van der Waals surface area contributed by atoms with Crippen LogP contribution in [0.4, 0.5) is 0 Å². The highest BCUT2D eigenvalue weighted by Gasteiger charge is 2.15. The minimum atomic E-state index is -0.473. The zero-order valence-electron chi connectivity index (χ0n) is 11.9. The molecule has 2 amide bonds. The number of halogens is 1. The highest BCUT2D eigenvalue weighted by atomic mass is 79.9. The number of carbonyl (C=O) groups is 2. The van der Waals surface area contributed by atoms with Crippen molar-refractivity contribution in [1.82, 2.24) is 10.6 Å². The molecule has 1 heterocycles. The maximum absolute atomic E-state index is 12.1. The summed E-state index contributed by atoms with van der Waals surface area (Å²) in [6.45, 7) is 2.27. The summed E-state index contributed by atoms with van der Waals surface area (Å²) in [5, 5.41) is 5.24. The van der Waals surface area contributed by atoms with E-state index in [0.717, 1.165) is 10.0 Å². The first-order valence-corrected chi connectivity index (χ1v) is 7.49. The molecule has 0 saturated heterocycles. The predicted octanol–water partition coefficient (Wildman–Crippen LogP) is 2.95. The zero-order chi connectivity index (χ0) is 15.9. The van der Waals surface area contributed by atoms with Gasteiger partial charge in [-0.3, -0.25) is 9.59 Å². The zero-order valence-corrected chi connectivity index (χ0v) is 13.5. The number of benzene rings is 1. The minimum Gasteiger partial charge on any atom is -0.459 e. The van der Waals surface area contributed by atoms with Crippen molar-refractivity contribution >= 4 is 33.8 Å². The molecule has 2 aromatic rings. The fourth-order valence-electron chi connectivity index (χ4n) is 1.73. The minimum absolute atomic E-state index is 0.144. The first-order chi connectivity index (χ1) is 10.6. The number of nitrogens with one attached hydrogen (secondary N) is 2. The Bertz CT molecular complexity index is 676. The van der Waals surface area contributed by atoms with Crippen LogP contribution in [-0.2, 0) is 4.79 Å². The lowest BCUT2D eigenvalue weighted by Crippen LogP contribution is -2.34. The van der Waals surface area contributed by atoms with Crippen molar-refractivity contribution in [1.29, 1.82) is 0 Å². The molecule has 0 fully saturated rings. The van der Waals surface area contributed by atoms with Crippen LogP contribution in [0.25, 0.3) is 6.08 Å². The lowest BCUT2D eigenvalue weighted by Gasteiger charge is -2.09. The maximum Gasteiger partial charge on any atom is 0.291 e. The molecule has 1 aromatic heterocycles. The summed E-state index contributed by atoms with van der Waals surface area (Å²) in [5.41, 5.74) is 0.953. The van der Waals surface area contributed by atoms with E-state index in [0.29, 0.717) is 6.54 Å². The second-order valence-electron chi connectivity index (χ2n) is 4.40. The third-order valence-electron chi connectivity index (χ3n) is 2.76. The molecule has 0 unspecified atom stereocenters. The summed E-state index contributed by atoms with van der Waals surface area (Å²) in [7, 11) is 0. The Hall–Kier alpha value is -2.34. The Balaban J connectivity index is 2.24. The van der Waals surface area contributed by atoms with Gasteiger partial charge in [-0.05, 0) is 42.8 Å². The van der Waals surface area contributed by atoms with Crippen molar-refractivity contribution in [3.63, 3.8) is 0 Å². The van der Waals surface area contributed by atoms with Crippen LogP contribution in [0, 0.1) is 0 Å². The Morgan fingerprint density at radius 3 is 2.55 bits per heavy atom. The highest BCUT2D eigenvalue weighted by molar-refractivity contribution is 9.10. The fourth-order valence-corrected chi connectivity index (χ4v) is 2.00. The SMILES string of the molecule is CCNC(=O)C(=Cc1ccc(Br)cc1)NC(=O)c1ccco1. The van der Waals surface area contributed by atoms with Gasteiger partial charge in [0.2, 0.25) is 0 Å². The monoisotopic (exact) mass is 362 g/mol. The second-order valence-corrected chi connectivity index (χ2v) is 5.32. The van der Waals surface area contributed by atoms with Crippen LogP contribution in [0.1, 0.15) is 23.0 Å². The van der Waals surface area contributed by atoms with Gasteiger partial charge in [0.15, 0.2) is 5.76 Å². The first-order valence-electron chi connectivity index (χ1n) is 6.70. The van der Waals surface area contributed by atoms with Crippen molar-refractivity contribution in [2.45, 2.75) is 6.92 Å². The summed E-state index contributed by atoms with van der Waals surface area (Å²) < 4.78 is 5.96. The summed E-state index contributed by atoms with van der Waals surface area (Å²) >= 11 is 3.35. The van der Waals surface area contributed by atoms with Gasteiger partial charge in [0.1, 0.15) is 5.70 Å². The molecule has 2 rings (SSSR count). The van der Waals surface area contributed by atoms with E-state index in [-0.39, 0.29) is 17.4 Å². The van der Waals surface area contributed by atoms with Gasteiger partial charge < -0.3 is 15.1 Å². The average Bonchev–Trinajstić information content (AvgIpc) is 3.03. The molecule has 0 spiro atoms. The highest BCUT2D eigenvalue weighted by Crippen LogP contribution is 2.13. The Kier molecular flexibility index (Phi) is 5.55. The molecule has 0 aliphatic carbocycles. The quantitative estimate of drug-likeness (QED) is 0.803. The van der Waals surface area contributed by atoms with Crippen LogP contribution in [0.2, 0.25) is 0 Å². The van der Waals surface area contributed by atoms with Crippen molar-refractivity contribution < 1.29 is 14.0 Å². The number of hydrogen-bond acceptors (Lipinski definition) is 3. The number of likely N-dealkylation sites (N-methyl/N-ethyl adjacent to an activating group) is 1. The average molecular weight is 363 g/mol. The second kappa shape index (κ2) is 7.61. The van der Waals surface area contributed by atoms with Crippen molar-refractivity contribution in [3.8, 4) is 0 Å². The van der Waals surface area contributed by atoms with Gasteiger partial charge in [0.25, 0.3) is 11.8 Å². The summed E-state index contributed by atoms with van der Waals surface area (Å²) in [5.74, 6) is -0.684. The predicted molar refractivity (Wildman–Crippen MR) is 87.0 cm³/mol. The van der Waals surface area contributed by atoms with E-state index >= 15 is 0 Å². The van der Waals surface area contributed by atoms with Gasteiger partial charge in [-0.1, -0.05) is 28.1 Å². The van der Waals surface area contributed by atoms with Crippen LogP contribution < -0.4 is 10.6 Å². The van der Waals surface area contributed by atoms with E-state index in [1.807, 2.05) is 31.2 Å². The molecule has 0 atom stereocenters. The Morgan fingerprint density at radius 2 is 1.95 bits per heavy atom. The Morgan fingerprint density at radius 1 is 1.23 bits per heavy atom. The van der Waals surface area contributed by atoms with Crippen molar-refractivity contribution in [2.75, 3.05) is 6.54 Å². The molecule has 6 heteroatoms. The third-order valence-corrected chi connectivity index (χ3v) is 3.28. The van der Waals surface area contributed by atoms with Gasteiger partial charge >= 0.3 is 0 Å². The largest absolute Gasteiger partial charge is 0.459 e. The molecular formula is C16H15BrN2O3. The lowest BCUT2D eigenvalue weighted by atomic mass is 10.2. The first kappa shape index (κ1) is 16.0. The van der Waals surface area contributed by atoms with Crippen LogP contribution in [0.3, 0.4) is 0 Å². The van der Waals surface area contributed by atoms with E-state index in [2.05, 4.69) is 26.6 Å². The topological polar surface area (TPSA) is 71.3 Å². The maximum atomic E-state index is 12.1. The van der Waals surface area contributed by atoms with Gasteiger partial charge in [0, 0.05) is 11.0 Å². The van der Waals surface area contributed by atoms with Crippen LogP contribution in [0.5, 0.6) is 0 Å². The molecule has 22 heavy (non-hydrogen) atoms. The fraction of sp³-hybridized carbons (Fsp3) is 0.125. The molecule has 1 aromatic carbocycles. The number of carbonyl (C=O) groups excluding carboxylic acids is 2. The number of furan rings is 1. The molecule has 0 aliphatic rings. The van der Waals surface area contributed by atoms with Crippen LogP contribution in [0.15, 0.2) is 57.2 Å². The van der Waals surface area contributed by atoms with Crippen LogP contribution in [-0.4, -0.2) is 18.4 Å². The number of hydrogen-bond donors (Lipinski definition) is 2. The van der Waals surface area contributed by atoms with Gasteiger partial charge in [0.05, 0.1) is 6.26 Å². The molecule has 0 bridgehead atoms. The molecule has 0 saturated carbocycles. The molecule has 2 N–H and O–H groups in total. The van der Waals surface area contributed by atoms with E-state index in [1.165, 1.54) is 12.3 Å². The summed E-state index contributed by atoms with van der Waals surface area (Å²) in [4.78, 5) is 24.1. The van der Waals surface area contributed by atoms with E-state index in [1.54, 1.807) is 12.1 Å². The summed E-state index contributed by atoms with van der Waals surface area (Å²) in [6.07, 6.45) is 3.01. The van der Waals surface area contributed by atoms with E-state index in [9.17, 15) is 9.59 Å². The van der Waals surface area contributed by atoms with Crippen LogP contribution >= 0.6 is 15.9 Å².